The molecule has 7 nitrogen and oxygen atoms in total. The van der Waals surface area contributed by atoms with Gasteiger partial charge in [0.05, 0.1) is 10.7 Å². The number of nitrogens with zero attached hydrogens (tertiary/aromatic N) is 3. The number of carbonyl (C=O) groups is 1. The molecule has 4 aromatic rings. The summed E-state index contributed by atoms with van der Waals surface area (Å²) in [6.45, 7) is 1.67. The second-order valence-electron chi connectivity index (χ2n) is 6.66. The van der Waals surface area contributed by atoms with Gasteiger partial charge in [-0.15, -0.1) is 0 Å². The molecule has 0 saturated heterocycles. The monoisotopic (exact) mass is 420 g/mol. The van der Waals surface area contributed by atoms with Crippen LogP contribution in [0, 0.1) is 6.92 Å². The first-order valence-corrected chi connectivity index (χ1v) is 9.54. The van der Waals surface area contributed by atoms with Crippen molar-refractivity contribution in [1.82, 2.24) is 14.7 Å². The van der Waals surface area contributed by atoms with Crippen molar-refractivity contribution in [1.29, 1.82) is 0 Å². The highest BCUT2D eigenvalue weighted by Gasteiger charge is 2.17. The van der Waals surface area contributed by atoms with Crippen LogP contribution in [0.1, 0.15) is 5.56 Å². The molecule has 0 aliphatic carbocycles. The zero-order valence-electron chi connectivity index (χ0n) is 16.0. The van der Waals surface area contributed by atoms with E-state index in [1.807, 2.05) is 43.3 Å². The summed E-state index contributed by atoms with van der Waals surface area (Å²) in [4.78, 5) is 29.4. The first kappa shape index (κ1) is 19.6. The Balaban J connectivity index is 1.62. The van der Waals surface area contributed by atoms with E-state index in [9.17, 15) is 9.59 Å². The van der Waals surface area contributed by atoms with Gasteiger partial charge in [0.25, 0.3) is 11.4 Å². The number of aryl methyl sites for hydroxylation is 1. The van der Waals surface area contributed by atoms with Crippen molar-refractivity contribution >= 4 is 23.2 Å². The van der Waals surface area contributed by atoms with Crippen molar-refractivity contribution in [2.45, 2.75) is 13.5 Å². The summed E-state index contributed by atoms with van der Waals surface area (Å²) >= 11 is 6.18. The van der Waals surface area contributed by atoms with E-state index in [-0.39, 0.29) is 18.0 Å². The van der Waals surface area contributed by atoms with E-state index in [4.69, 9.17) is 16.1 Å². The Bertz CT molecular complexity index is 1260. The number of carbonyl (C=O) groups excluding carboxylic acids is 1. The van der Waals surface area contributed by atoms with E-state index in [2.05, 4.69) is 15.5 Å². The molecule has 150 valence electrons. The van der Waals surface area contributed by atoms with Crippen molar-refractivity contribution in [2.75, 3.05) is 5.32 Å². The molecule has 8 heteroatoms. The van der Waals surface area contributed by atoms with Gasteiger partial charge in [0.2, 0.25) is 11.7 Å². The van der Waals surface area contributed by atoms with Crippen LogP contribution < -0.4 is 10.9 Å². The fourth-order valence-corrected chi connectivity index (χ4v) is 3.24. The molecule has 2 aromatic heterocycles. The molecular weight excluding hydrogens is 404 g/mol. The van der Waals surface area contributed by atoms with Gasteiger partial charge >= 0.3 is 0 Å². The SMILES string of the molecule is Cc1ccc(NC(=O)Cn2c(-c3nc(-c4ccccc4)no3)cccc2=O)c(Cl)c1. The third-order valence-corrected chi connectivity index (χ3v) is 4.74. The van der Waals surface area contributed by atoms with Gasteiger partial charge in [0, 0.05) is 11.6 Å². The summed E-state index contributed by atoms with van der Waals surface area (Å²) in [7, 11) is 0. The number of aromatic nitrogens is 3. The maximum absolute atomic E-state index is 12.6. The molecule has 0 aliphatic heterocycles. The van der Waals surface area contributed by atoms with Crippen LogP contribution >= 0.6 is 11.6 Å². The van der Waals surface area contributed by atoms with E-state index in [0.717, 1.165) is 11.1 Å². The van der Waals surface area contributed by atoms with E-state index in [1.54, 1.807) is 24.3 Å². The first-order chi connectivity index (χ1) is 14.5. The Hall–Kier alpha value is -3.71. The quantitative estimate of drug-likeness (QED) is 0.523. The number of pyridine rings is 1. The Labute approximate surface area is 176 Å². The minimum Gasteiger partial charge on any atom is -0.332 e. The molecule has 0 aliphatic rings. The fraction of sp³-hybridized carbons (Fsp3) is 0.0909. The summed E-state index contributed by atoms with van der Waals surface area (Å²) in [5.74, 6) is 0.134. The number of anilines is 1. The van der Waals surface area contributed by atoms with E-state index < -0.39 is 5.91 Å². The normalized spacial score (nSPS) is 10.7. The average Bonchev–Trinajstić information content (AvgIpc) is 3.22. The largest absolute Gasteiger partial charge is 0.332 e. The summed E-state index contributed by atoms with van der Waals surface area (Å²) < 4.78 is 6.64. The molecule has 0 unspecified atom stereocenters. The van der Waals surface area contributed by atoms with Crippen LogP contribution in [0.15, 0.2) is 76.0 Å². The molecule has 0 fully saturated rings. The van der Waals surface area contributed by atoms with Crippen LogP contribution in [-0.4, -0.2) is 20.6 Å². The van der Waals surface area contributed by atoms with Gasteiger partial charge in [-0.25, -0.2) is 0 Å². The van der Waals surface area contributed by atoms with Gasteiger partial charge in [-0.1, -0.05) is 59.2 Å². The van der Waals surface area contributed by atoms with Crippen LogP contribution in [0.25, 0.3) is 23.0 Å². The first-order valence-electron chi connectivity index (χ1n) is 9.16. The minimum absolute atomic E-state index is 0.146. The van der Waals surface area contributed by atoms with Gasteiger partial charge < -0.3 is 9.84 Å². The zero-order valence-corrected chi connectivity index (χ0v) is 16.8. The maximum Gasteiger partial charge on any atom is 0.274 e. The molecule has 1 amide bonds. The predicted molar refractivity (Wildman–Crippen MR) is 114 cm³/mol. The molecule has 2 heterocycles. The van der Waals surface area contributed by atoms with Gasteiger partial charge in [-0.05, 0) is 30.7 Å². The summed E-state index contributed by atoms with van der Waals surface area (Å²) in [6.07, 6.45) is 0. The van der Waals surface area contributed by atoms with Crippen molar-refractivity contribution in [2.24, 2.45) is 0 Å². The summed E-state index contributed by atoms with van der Waals surface area (Å²) in [5.41, 5.74) is 2.22. The Morgan fingerprint density at radius 1 is 1.10 bits per heavy atom. The van der Waals surface area contributed by atoms with Crippen LogP contribution in [-0.2, 0) is 11.3 Å². The lowest BCUT2D eigenvalue weighted by Gasteiger charge is -2.11. The zero-order chi connectivity index (χ0) is 21.1. The van der Waals surface area contributed by atoms with E-state index >= 15 is 0 Å². The lowest BCUT2D eigenvalue weighted by atomic mass is 10.2. The van der Waals surface area contributed by atoms with Gasteiger partial charge in [-0.2, -0.15) is 4.98 Å². The number of amides is 1. The Morgan fingerprint density at radius 3 is 2.67 bits per heavy atom. The average molecular weight is 421 g/mol. The molecule has 30 heavy (non-hydrogen) atoms. The molecule has 0 saturated carbocycles. The molecule has 2 aromatic carbocycles. The predicted octanol–water partition coefficient (Wildman–Crippen LogP) is 4.17. The highest BCUT2D eigenvalue weighted by molar-refractivity contribution is 6.33. The maximum atomic E-state index is 12.6. The fourth-order valence-electron chi connectivity index (χ4n) is 2.96. The van der Waals surface area contributed by atoms with Crippen LogP contribution in [0.2, 0.25) is 5.02 Å². The number of benzene rings is 2. The standard InChI is InChI=1S/C22H17ClN4O3/c1-14-10-11-17(16(23)12-14)24-19(28)13-27-18(8-5-9-20(27)29)22-25-21(26-30-22)15-6-3-2-4-7-15/h2-12H,13H2,1H3,(H,24,28). The number of nitrogens with one attached hydrogen (secondary N) is 1. The number of hydrogen-bond donors (Lipinski definition) is 1. The Kier molecular flexibility index (Phi) is 5.45. The van der Waals surface area contributed by atoms with Crippen LogP contribution in [0.5, 0.6) is 0 Å². The van der Waals surface area contributed by atoms with Crippen molar-refractivity contribution in [3.63, 3.8) is 0 Å². The van der Waals surface area contributed by atoms with Crippen LogP contribution in [0.4, 0.5) is 5.69 Å². The molecule has 4 rings (SSSR count). The topological polar surface area (TPSA) is 90.0 Å². The lowest BCUT2D eigenvalue weighted by molar-refractivity contribution is -0.116. The second-order valence-corrected chi connectivity index (χ2v) is 7.06. The van der Waals surface area contributed by atoms with E-state index in [0.29, 0.717) is 22.2 Å². The molecule has 0 spiro atoms. The van der Waals surface area contributed by atoms with Crippen LogP contribution in [0.3, 0.4) is 0 Å². The molecule has 1 N–H and O–H groups in total. The lowest BCUT2D eigenvalue weighted by Crippen LogP contribution is -2.28. The minimum atomic E-state index is -0.405. The van der Waals surface area contributed by atoms with E-state index in [1.165, 1.54) is 10.6 Å². The summed E-state index contributed by atoms with van der Waals surface area (Å²) in [5, 5.41) is 7.13. The molecular formula is C22H17ClN4O3. The van der Waals surface area contributed by atoms with Gasteiger partial charge in [0.1, 0.15) is 12.2 Å². The molecule has 0 atom stereocenters. The van der Waals surface area contributed by atoms with Gasteiger partial charge in [0.15, 0.2) is 0 Å². The second kappa shape index (κ2) is 8.34. The highest BCUT2D eigenvalue weighted by atomic mass is 35.5. The third kappa shape index (κ3) is 4.16. The van der Waals surface area contributed by atoms with Gasteiger partial charge in [-0.3, -0.25) is 14.2 Å². The number of hydrogen-bond acceptors (Lipinski definition) is 5. The third-order valence-electron chi connectivity index (χ3n) is 4.43. The number of rotatable bonds is 5. The smallest absolute Gasteiger partial charge is 0.274 e. The Morgan fingerprint density at radius 2 is 1.90 bits per heavy atom. The number of halogens is 1. The van der Waals surface area contributed by atoms with Crippen molar-refractivity contribution < 1.29 is 9.32 Å². The van der Waals surface area contributed by atoms with Crippen molar-refractivity contribution in [3.8, 4) is 23.0 Å². The summed E-state index contributed by atoms with van der Waals surface area (Å²) in [6, 6.07) is 19.2. The molecule has 0 radical (unpaired) electrons. The highest BCUT2D eigenvalue weighted by Crippen LogP contribution is 2.24. The molecule has 0 bridgehead atoms. The van der Waals surface area contributed by atoms with Crippen molar-refractivity contribution in [3.05, 3.63) is 87.7 Å².